The Morgan fingerprint density at radius 2 is 1.83 bits per heavy atom. The second-order valence-electron chi connectivity index (χ2n) is 3.42. The summed E-state index contributed by atoms with van der Waals surface area (Å²) in [6.45, 7) is 0. The number of hydrogen-bond donors (Lipinski definition) is 1. The number of rotatable bonds is 2. The average molecular weight is 257 g/mol. The third kappa shape index (κ3) is 2.34. The number of aromatic carboxylic acids is 1. The Balaban J connectivity index is 2.31. The molecule has 18 heavy (non-hydrogen) atoms. The van der Waals surface area contributed by atoms with Gasteiger partial charge in [0.15, 0.2) is 0 Å². The molecular weight excluding hydrogens is 251 g/mol. The third-order valence-electron chi connectivity index (χ3n) is 2.20. The van der Waals surface area contributed by atoms with Crippen LogP contribution in [0.25, 0.3) is 11.3 Å². The maximum atomic E-state index is 12.3. The van der Waals surface area contributed by atoms with Gasteiger partial charge in [-0.25, -0.2) is 9.78 Å². The third-order valence-corrected chi connectivity index (χ3v) is 2.20. The Labute approximate surface area is 98.7 Å². The molecule has 2 aromatic rings. The highest BCUT2D eigenvalue weighted by Crippen LogP contribution is 2.30. The van der Waals surface area contributed by atoms with Crippen LogP contribution in [0, 0.1) is 0 Å². The molecule has 0 unspecified atom stereocenters. The molecule has 0 aliphatic carbocycles. The Morgan fingerprint density at radius 1 is 1.22 bits per heavy atom. The van der Waals surface area contributed by atoms with Crippen molar-refractivity contribution in [3.63, 3.8) is 0 Å². The van der Waals surface area contributed by atoms with Crippen LogP contribution in [0.1, 0.15) is 16.2 Å². The minimum absolute atomic E-state index is 0.168. The van der Waals surface area contributed by atoms with Gasteiger partial charge < -0.3 is 9.52 Å². The highest BCUT2D eigenvalue weighted by Gasteiger charge is 2.30. The van der Waals surface area contributed by atoms with Crippen molar-refractivity contribution in [2.75, 3.05) is 0 Å². The molecule has 0 amide bonds. The van der Waals surface area contributed by atoms with Crippen LogP contribution in [0.4, 0.5) is 13.2 Å². The first-order valence-corrected chi connectivity index (χ1v) is 4.74. The minimum Gasteiger partial charge on any atom is -0.474 e. The first-order chi connectivity index (χ1) is 8.38. The van der Waals surface area contributed by atoms with Crippen molar-refractivity contribution in [2.45, 2.75) is 6.18 Å². The quantitative estimate of drug-likeness (QED) is 0.897. The first kappa shape index (κ1) is 12.2. The number of benzene rings is 1. The van der Waals surface area contributed by atoms with Crippen molar-refractivity contribution in [3.05, 3.63) is 42.0 Å². The van der Waals surface area contributed by atoms with Gasteiger partial charge in [-0.05, 0) is 12.1 Å². The Bertz CT molecular complexity index is 572. The van der Waals surface area contributed by atoms with Gasteiger partial charge in [0.1, 0.15) is 12.0 Å². The van der Waals surface area contributed by atoms with E-state index in [4.69, 9.17) is 5.11 Å². The zero-order valence-electron chi connectivity index (χ0n) is 8.73. The summed E-state index contributed by atoms with van der Waals surface area (Å²) in [5.74, 6) is -1.85. The maximum Gasteiger partial charge on any atom is 0.416 e. The Kier molecular flexibility index (Phi) is 2.82. The molecule has 0 atom stereocenters. The summed E-state index contributed by atoms with van der Waals surface area (Å²) in [5, 5.41) is 8.59. The summed E-state index contributed by atoms with van der Waals surface area (Å²) < 4.78 is 41.6. The van der Waals surface area contributed by atoms with E-state index in [0.29, 0.717) is 5.56 Å². The molecule has 2 rings (SSSR count). The van der Waals surface area contributed by atoms with Gasteiger partial charge in [-0.3, -0.25) is 0 Å². The molecule has 0 fully saturated rings. The predicted octanol–water partition coefficient (Wildman–Crippen LogP) is 3.06. The largest absolute Gasteiger partial charge is 0.474 e. The minimum atomic E-state index is -4.41. The number of halogens is 3. The highest BCUT2D eigenvalue weighted by molar-refractivity contribution is 5.83. The fraction of sp³-hybridized carbons (Fsp3) is 0.0909. The summed E-state index contributed by atoms with van der Waals surface area (Å²) in [4.78, 5) is 14.2. The molecule has 1 N–H and O–H groups in total. The molecule has 0 saturated heterocycles. The van der Waals surface area contributed by atoms with Crippen LogP contribution in [-0.4, -0.2) is 16.1 Å². The van der Waals surface area contributed by atoms with Crippen molar-refractivity contribution >= 4 is 5.97 Å². The van der Waals surface area contributed by atoms with Gasteiger partial charge in [0.05, 0.1) is 5.56 Å². The van der Waals surface area contributed by atoms with E-state index in [1.165, 1.54) is 12.1 Å². The van der Waals surface area contributed by atoms with Gasteiger partial charge in [0, 0.05) is 5.56 Å². The number of oxazole rings is 1. The molecule has 1 aromatic carbocycles. The number of aromatic nitrogens is 1. The highest BCUT2D eigenvalue weighted by atomic mass is 19.4. The molecule has 7 heteroatoms. The lowest BCUT2D eigenvalue weighted by atomic mass is 10.1. The van der Waals surface area contributed by atoms with Crippen molar-refractivity contribution in [2.24, 2.45) is 0 Å². The van der Waals surface area contributed by atoms with Crippen molar-refractivity contribution < 1.29 is 27.5 Å². The van der Waals surface area contributed by atoms with Crippen LogP contribution in [-0.2, 0) is 6.18 Å². The van der Waals surface area contributed by atoms with Crippen molar-refractivity contribution in [1.82, 2.24) is 4.98 Å². The monoisotopic (exact) mass is 257 g/mol. The predicted molar refractivity (Wildman–Crippen MR) is 53.9 cm³/mol. The van der Waals surface area contributed by atoms with Gasteiger partial charge in [-0.15, -0.1) is 0 Å². The molecule has 0 radical (unpaired) electrons. The number of carbonyl (C=O) groups is 1. The second-order valence-corrected chi connectivity index (χ2v) is 3.42. The lowest BCUT2D eigenvalue weighted by Gasteiger charge is -2.06. The SMILES string of the molecule is O=C(O)c1nc(-c2ccc(C(F)(F)F)cc2)co1. The number of hydrogen-bond acceptors (Lipinski definition) is 3. The average Bonchev–Trinajstić information content (AvgIpc) is 2.77. The first-order valence-electron chi connectivity index (χ1n) is 4.74. The lowest BCUT2D eigenvalue weighted by molar-refractivity contribution is -0.137. The van der Waals surface area contributed by atoms with E-state index in [1.54, 1.807) is 0 Å². The second kappa shape index (κ2) is 4.17. The zero-order valence-corrected chi connectivity index (χ0v) is 8.73. The van der Waals surface area contributed by atoms with Gasteiger partial charge in [0.25, 0.3) is 0 Å². The van der Waals surface area contributed by atoms with Crippen LogP contribution >= 0.6 is 0 Å². The zero-order chi connectivity index (χ0) is 13.3. The van der Waals surface area contributed by atoms with Gasteiger partial charge in [-0.1, -0.05) is 12.1 Å². The van der Waals surface area contributed by atoms with E-state index in [-0.39, 0.29) is 5.69 Å². The van der Waals surface area contributed by atoms with Crippen LogP contribution in [0.5, 0.6) is 0 Å². The van der Waals surface area contributed by atoms with E-state index in [2.05, 4.69) is 9.40 Å². The van der Waals surface area contributed by atoms with Crippen LogP contribution < -0.4 is 0 Å². The summed E-state index contributed by atoms with van der Waals surface area (Å²) in [5.41, 5.74) is -0.270. The fourth-order valence-corrected chi connectivity index (χ4v) is 1.33. The molecule has 0 saturated carbocycles. The van der Waals surface area contributed by atoms with E-state index >= 15 is 0 Å². The van der Waals surface area contributed by atoms with Gasteiger partial charge in [-0.2, -0.15) is 13.2 Å². The Hall–Kier alpha value is -2.31. The lowest BCUT2D eigenvalue weighted by Crippen LogP contribution is -2.04. The number of carboxylic acid groups (broad SMARTS) is 1. The molecule has 0 spiro atoms. The number of nitrogens with zero attached hydrogens (tertiary/aromatic N) is 1. The maximum absolute atomic E-state index is 12.3. The molecular formula is C11H6F3NO3. The van der Waals surface area contributed by atoms with E-state index in [9.17, 15) is 18.0 Å². The molecule has 4 nitrogen and oxygen atoms in total. The van der Waals surface area contributed by atoms with Gasteiger partial charge >= 0.3 is 18.0 Å². The van der Waals surface area contributed by atoms with Crippen LogP contribution in [0.3, 0.4) is 0 Å². The standard InChI is InChI=1S/C11H6F3NO3/c12-11(13,14)7-3-1-6(2-4-7)8-5-18-9(15-8)10(16)17/h1-5H,(H,16,17). The molecule has 94 valence electrons. The van der Waals surface area contributed by atoms with Gasteiger partial charge in [0.2, 0.25) is 0 Å². The van der Waals surface area contributed by atoms with E-state index < -0.39 is 23.6 Å². The number of alkyl halides is 3. The molecule has 1 aromatic heterocycles. The fourth-order valence-electron chi connectivity index (χ4n) is 1.33. The Morgan fingerprint density at radius 3 is 2.28 bits per heavy atom. The smallest absolute Gasteiger partial charge is 0.416 e. The molecule has 1 heterocycles. The molecule has 0 bridgehead atoms. The molecule has 0 aliphatic heterocycles. The topological polar surface area (TPSA) is 63.3 Å². The van der Waals surface area contributed by atoms with Crippen LogP contribution in [0.15, 0.2) is 34.9 Å². The van der Waals surface area contributed by atoms with Crippen molar-refractivity contribution in [1.29, 1.82) is 0 Å². The summed E-state index contributed by atoms with van der Waals surface area (Å²) in [6, 6.07) is 4.19. The summed E-state index contributed by atoms with van der Waals surface area (Å²) in [6.07, 6.45) is -3.33. The van der Waals surface area contributed by atoms with Crippen molar-refractivity contribution in [3.8, 4) is 11.3 Å². The van der Waals surface area contributed by atoms with E-state index in [1.807, 2.05) is 0 Å². The number of carboxylic acids is 1. The van der Waals surface area contributed by atoms with Crippen LogP contribution in [0.2, 0.25) is 0 Å². The summed E-state index contributed by atoms with van der Waals surface area (Å²) >= 11 is 0. The normalized spacial score (nSPS) is 11.5. The van der Waals surface area contributed by atoms with E-state index in [0.717, 1.165) is 18.4 Å². The molecule has 0 aliphatic rings. The summed E-state index contributed by atoms with van der Waals surface area (Å²) in [7, 11) is 0.